The van der Waals surface area contributed by atoms with Crippen LogP contribution in [0.5, 0.6) is 0 Å². The van der Waals surface area contributed by atoms with E-state index in [9.17, 15) is 19.7 Å². The van der Waals surface area contributed by atoms with Gasteiger partial charge in [-0.2, -0.15) is 0 Å². The Morgan fingerprint density at radius 1 is 1.00 bits per heavy atom. The lowest BCUT2D eigenvalue weighted by Gasteiger charge is -2.08. The molecular weight excluding hydrogens is 354 g/mol. The molecule has 2 amide bonds. The highest BCUT2D eigenvalue weighted by molar-refractivity contribution is 9.10. The average Bonchev–Trinajstić information content (AvgIpc) is 2.52. The van der Waals surface area contributed by atoms with Gasteiger partial charge in [0.15, 0.2) is 0 Å². The maximum absolute atomic E-state index is 11.9. The molecule has 0 bridgehead atoms. The minimum atomic E-state index is -0.768. The third kappa shape index (κ3) is 3.67. The molecule has 2 rings (SSSR count). The van der Waals surface area contributed by atoms with Crippen LogP contribution in [-0.4, -0.2) is 16.7 Å². The molecule has 0 aliphatic rings. The maximum Gasteiger partial charge on any atom is 0.282 e. The predicted molar refractivity (Wildman–Crippen MR) is 82.2 cm³/mol. The molecule has 0 radical (unpaired) electrons. The Morgan fingerprint density at radius 2 is 1.68 bits per heavy atom. The molecule has 112 valence electrons. The van der Waals surface area contributed by atoms with Crippen LogP contribution in [0.1, 0.15) is 20.7 Å². The van der Waals surface area contributed by atoms with E-state index >= 15 is 0 Å². The minimum Gasteiger partial charge on any atom is -0.267 e. The summed E-state index contributed by atoms with van der Waals surface area (Å²) in [5.41, 5.74) is 4.22. The Balaban J connectivity index is 2.07. The SMILES string of the molecule is O=C(NNC(=O)c1ccccc1[N+](=O)[O-])c1cccc(Br)c1. The second-order valence-electron chi connectivity index (χ2n) is 4.19. The molecule has 0 aliphatic heterocycles. The van der Waals surface area contributed by atoms with Gasteiger partial charge in [-0.1, -0.05) is 34.1 Å². The van der Waals surface area contributed by atoms with Crippen molar-refractivity contribution in [1.82, 2.24) is 10.9 Å². The first-order valence-electron chi connectivity index (χ1n) is 6.08. The van der Waals surface area contributed by atoms with Gasteiger partial charge in [-0.3, -0.25) is 30.6 Å². The molecule has 0 aliphatic carbocycles. The van der Waals surface area contributed by atoms with E-state index in [0.29, 0.717) is 10.0 Å². The molecule has 22 heavy (non-hydrogen) atoms. The number of halogens is 1. The van der Waals surface area contributed by atoms with Crippen molar-refractivity contribution in [2.45, 2.75) is 0 Å². The van der Waals surface area contributed by atoms with E-state index in [1.165, 1.54) is 24.3 Å². The smallest absolute Gasteiger partial charge is 0.267 e. The number of carbonyl (C=O) groups excluding carboxylic acids is 2. The lowest BCUT2D eigenvalue weighted by atomic mass is 10.2. The summed E-state index contributed by atoms with van der Waals surface area (Å²) in [6, 6.07) is 12.0. The third-order valence-electron chi connectivity index (χ3n) is 2.72. The number of carbonyl (C=O) groups is 2. The van der Waals surface area contributed by atoms with E-state index in [2.05, 4.69) is 26.8 Å². The van der Waals surface area contributed by atoms with E-state index in [4.69, 9.17) is 0 Å². The van der Waals surface area contributed by atoms with Gasteiger partial charge >= 0.3 is 0 Å². The molecule has 7 nitrogen and oxygen atoms in total. The lowest BCUT2D eigenvalue weighted by molar-refractivity contribution is -0.385. The number of nitro benzene ring substituents is 1. The van der Waals surface area contributed by atoms with Gasteiger partial charge < -0.3 is 0 Å². The molecule has 0 atom stereocenters. The molecule has 8 heteroatoms. The maximum atomic E-state index is 11.9. The predicted octanol–water partition coefficient (Wildman–Crippen LogP) is 2.43. The molecule has 0 heterocycles. The zero-order valence-corrected chi connectivity index (χ0v) is 12.7. The molecule has 0 spiro atoms. The molecule has 2 aromatic rings. The zero-order valence-electron chi connectivity index (χ0n) is 11.1. The van der Waals surface area contributed by atoms with Crippen LogP contribution in [0, 0.1) is 10.1 Å². The summed E-state index contributed by atoms with van der Waals surface area (Å²) in [6.07, 6.45) is 0. The fraction of sp³-hybridized carbons (Fsp3) is 0. The standard InChI is InChI=1S/C14H10BrN3O4/c15-10-5-3-4-9(8-10)13(19)16-17-14(20)11-6-1-2-7-12(11)18(21)22/h1-8H,(H,16,19)(H,17,20). The number of nitrogens with zero attached hydrogens (tertiary/aromatic N) is 1. The van der Waals surface area contributed by atoms with Gasteiger partial charge in [-0.05, 0) is 24.3 Å². The monoisotopic (exact) mass is 363 g/mol. The third-order valence-corrected chi connectivity index (χ3v) is 3.21. The van der Waals surface area contributed by atoms with Crippen LogP contribution in [0.2, 0.25) is 0 Å². The highest BCUT2D eigenvalue weighted by Gasteiger charge is 2.19. The topological polar surface area (TPSA) is 101 Å². The summed E-state index contributed by atoms with van der Waals surface area (Å²) in [6.45, 7) is 0. The van der Waals surface area contributed by atoms with Crippen molar-refractivity contribution in [2.75, 3.05) is 0 Å². The van der Waals surface area contributed by atoms with Crippen molar-refractivity contribution in [3.8, 4) is 0 Å². The Labute approximate surface area is 133 Å². The number of hydrogen-bond acceptors (Lipinski definition) is 4. The van der Waals surface area contributed by atoms with Gasteiger partial charge in [-0.25, -0.2) is 0 Å². The van der Waals surface area contributed by atoms with Crippen LogP contribution in [0.3, 0.4) is 0 Å². The molecule has 0 saturated carbocycles. The summed E-state index contributed by atoms with van der Waals surface area (Å²) in [5.74, 6) is -1.30. The van der Waals surface area contributed by atoms with Crippen LogP contribution in [0.4, 0.5) is 5.69 Å². The Kier molecular flexibility index (Phi) is 4.84. The quantitative estimate of drug-likeness (QED) is 0.645. The number of para-hydroxylation sites is 1. The van der Waals surface area contributed by atoms with E-state index in [1.54, 1.807) is 24.3 Å². The highest BCUT2D eigenvalue weighted by Crippen LogP contribution is 2.17. The Hall–Kier alpha value is -2.74. The number of hydrogen-bond donors (Lipinski definition) is 2. The summed E-state index contributed by atoms with van der Waals surface area (Å²) in [7, 11) is 0. The Morgan fingerprint density at radius 3 is 2.36 bits per heavy atom. The van der Waals surface area contributed by atoms with E-state index in [-0.39, 0.29) is 11.3 Å². The molecule has 0 saturated heterocycles. The largest absolute Gasteiger partial charge is 0.282 e. The molecule has 0 fully saturated rings. The normalized spacial score (nSPS) is 9.86. The minimum absolute atomic E-state index is 0.137. The summed E-state index contributed by atoms with van der Waals surface area (Å²) in [4.78, 5) is 34.0. The van der Waals surface area contributed by atoms with E-state index < -0.39 is 16.7 Å². The fourth-order valence-corrected chi connectivity index (χ4v) is 2.11. The van der Waals surface area contributed by atoms with Crippen LogP contribution < -0.4 is 10.9 Å². The van der Waals surface area contributed by atoms with Crippen molar-refractivity contribution >= 4 is 33.4 Å². The van der Waals surface area contributed by atoms with Crippen LogP contribution >= 0.6 is 15.9 Å². The summed E-state index contributed by atoms with van der Waals surface area (Å²) >= 11 is 3.23. The number of benzene rings is 2. The van der Waals surface area contributed by atoms with Gasteiger partial charge in [-0.15, -0.1) is 0 Å². The van der Waals surface area contributed by atoms with Crippen molar-refractivity contribution < 1.29 is 14.5 Å². The van der Waals surface area contributed by atoms with E-state index in [0.717, 1.165) is 0 Å². The first-order chi connectivity index (χ1) is 10.5. The lowest BCUT2D eigenvalue weighted by Crippen LogP contribution is -2.41. The number of nitrogens with one attached hydrogen (secondary N) is 2. The van der Waals surface area contributed by atoms with Crippen molar-refractivity contribution in [3.63, 3.8) is 0 Å². The van der Waals surface area contributed by atoms with E-state index in [1.807, 2.05) is 0 Å². The fourth-order valence-electron chi connectivity index (χ4n) is 1.71. The van der Waals surface area contributed by atoms with Gasteiger partial charge in [0.2, 0.25) is 0 Å². The van der Waals surface area contributed by atoms with Gasteiger partial charge in [0.25, 0.3) is 17.5 Å². The number of rotatable bonds is 3. The van der Waals surface area contributed by atoms with Gasteiger partial charge in [0.1, 0.15) is 5.56 Å². The number of amides is 2. The molecule has 2 N–H and O–H groups in total. The average molecular weight is 364 g/mol. The van der Waals surface area contributed by atoms with Gasteiger partial charge in [0.05, 0.1) is 4.92 Å². The first-order valence-corrected chi connectivity index (χ1v) is 6.88. The summed E-state index contributed by atoms with van der Waals surface area (Å²) < 4.78 is 0.713. The molecule has 0 aromatic heterocycles. The van der Waals surface area contributed by atoms with Crippen molar-refractivity contribution in [1.29, 1.82) is 0 Å². The zero-order chi connectivity index (χ0) is 16.1. The van der Waals surface area contributed by atoms with Crippen molar-refractivity contribution in [2.24, 2.45) is 0 Å². The van der Waals surface area contributed by atoms with Crippen LogP contribution in [-0.2, 0) is 0 Å². The number of hydrazine groups is 1. The first kappa shape index (κ1) is 15.6. The second-order valence-corrected chi connectivity index (χ2v) is 5.11. The number of nitro groups is 1. The van der Waals surface area contributed by atoms with Crippen LogP contribution in [0.15, 0.2) is 53.0 Å². The molecule has 2 aromatic carbocycles. The molecule has 0 unspecified atom stereocenters. The highest BCUT2D eigenvalue weighted by atomic mass is 79.9. The van der Waals surface area contributed by atoms with Gasteiger partial charge in [0, 0.05) is 16.1 Å². The van der Waals surface area contributed by atoms with Crippen LogP contribution in [0.25, 0.3) is 0 Å². The van der Waals surface area contributed by atoms with Crippen molar-refractivity contribution in [3.05, 3.63) is 74.2 Å². The summed E-state index contributed by atoms with van der Waals surface area (Å²) in [5, 5.41) is 10.9. The second kappa shape index (κ2) is 6.81. The Bertz CT molecular complexity index is 748. The molecular formula is C14H10BrN3O4.